The molecule has 1 fully saturated rings. The maximum Gasteiger partial charge on any atom is 0.254 e. The number of benzene rings is 3. The zero-order valence-electron chi connectivity index (χ0n) is 17.4. The third kappa shape index (κ3) is 5.12. The quantitative estimate of drug-likeness (QED) is 0.603. The van der Waals surface area contributed by atoms with Gasteiger partial charge in [-0.05, 0) is 79.8 Å². The molecule has 0 aliphatic carbocycles. The van der Waals surface area contributed by atoms with E-state index < -0.39 is 5.91 Å². The van der Waals surface area contributed by atoms with Crippen molar-refractivity contribution >= 4 is 11.8 Å². The van der Waals surface area contributed by atoms with E-state index in [9.17, 15) is 9.59 Å². The van der Waals surface area contributed by atoms with Crippen LogP contribution in [-0.2, 0) is 6.42 Å². The van der Waals surface area contributed by atoms with Crippen LogP contribution >= 0.6 is 0 Å². The van der Waals surface area contributed by atoms with E-state index in [0.717, 1.165) is 32.2 Å². The van der Waals surface area contributed by atoms with Gasteiger partial charge in [0, 0.05) is 23.7 Å². The highest BCUT2D eigenvalue weighted by atomic mass is 16.5. The lowest BCUT2D eigenvalue weighted by atomic mass is 10.0. The average Bonchev–Trinajstić information content (AvgIpc) is 3.27. The predicted octanol–water partition coefficient (Wildman–Crippen LogP) is 4.82. The summed E-state index contributed by atoms with van der Waals surface area (Å²) in [6, 6.07) is 24.6. The van der Waals surface area contributed by atoms with Gasteiger partial charge in [0.2, 0.25) is 5.91 Å². The van der Waals surface area contributed by atoms with Crippen molar-refractivity contribution in [3.05, 3.63) is 95.6 Å². The molecule has 1 atom stereocenters. The first-order chi connectivity index (χ1) is 15.1. The van der Waals surface area contributed by atoms with E-state index in [2.05, 4.69) is 24.3 Å². The van der Waals surface area contributed by atoms with Crippen molar-refractivity contribution in [3.63, 3.8) is 0 Å². The number of nitrogens with zero attached hydrogens (tertiary/aromatic N) is 1. The Morgan fingerprint density at radius 2 is 1.48 bits per heavy atom. The number of amides is 2. The maximum absolute atomic E-state index is 13.1. The average molecular weight is 415 g/mol. The van der Waals surface area contributed by atoms with E-state index in [1.165, 1.54) is 5.56 Å². The van der Waals surface area contributed by atoms with Crippen LogP contribution in [0, 0.1) is 0 Å². The van der Waals surface area contributed by atoms with E-state index in [4.69, 9.17) is 10.5 Å². The molecular weight excluding hydrogens is 388 g/mol. The lowest BCUT2D eigenvalue weighted by molar-refractivity contribution is 0.0730. The van der Waals surface area contributed by atoms with Crippen molar-refractivity contribution in [2.24, 2.45) is 5.73 Å². The number of ether oxygens (including phenoxy) is 1. The number of likely N-dealkylation sites (tertiary alicyclic amines) is 1. The molecule has 1 saturated heterocycles. The highest BCUT2D eigenvalue weighted by molar-refractivity contribution is 5.94. The van der Waals surface area contributed by atoms with Gasteiger partial charge in [-0.15, -0.1) is 0 Å². The van der Waals surface area contributed by atoms with Crippen LogP contribution in [0.1, 0.15) is 45.5 Å². The van der Waals surface area contributed by atoms with Gasteiger partial charge in [-0.25, -0.2) is 0 Å². The molecule has 4 rings (SSSR count). The Balaban J connectivity index is 1.37. The van der Waals surface area contributed by atoms with Crippen LogP contribution in [0.3, 0.4) is 0 Å². The second-order valence-corrected chi connectivity index (χ2v) is 7.83. The SMILES string of the molecule is NC(=O)c1ccc(Oc2ccc(C(=O)N3CCCC3CCc3ccccc3)cc2)cc1. The van der Waals surface area contributed by atoms with E-state index in [0.29, 0.717) is 22.6 Å². The molecule has 1 aliphatic heterocycles. The first kappa shape index (κ1) is 20.7. The van der Waals surface area contributed by atoms with Crippen LogP contribution in [0.4, 0.5) is 0 Å². The molecule has 0 aromatic heterocycles. The minimum absolute atomic E-state index is 0.0768. The second kappa shape index (κ2) is 9.47. The Hall–Kier alpha value is -3.60. The molecule has 0 spiro atoms. The predicted molar refractivity (Wildman–Crippen MR) is 120 cm³/mol. The van der Waals surface area contributed by atoms with Gasteiger partial charge >= 0.3 is 0 Å². The lowest BCUT2D eigenvalue weighted by Gasteiger charge is -2.25. The molecule has 0 saturated carbocycles. The summed E-state index contributed by atoms with van der Waals surface area (Å²) in [5.74, 6) is 0.835. The van der Waals surface area contributed by atoms with Crippen LogP contribution in [-0.4, -0.2) is 29.3 Å². The summed E-state index contributed by atoms with van der Waals surface area (Å²) >= 11 is 0. The third-order valence-corrected chi connectivity index (χ3v) is 5.72. The Kier molecular flexibility index (Phi) is 6.32. The van der Waals surface area contributed by atoms with Gasteiger partial charge in [0.25, 0.3) is 5.91 Å². The standard InChI is InChI=1S/C26H26N2O3/c27-25(29)20-9-14-23(15-10-20)31-24-16-11-21(12-17-24)26(30)28-18-4-7-22(28)13-8-19-5-2-1-3-6-19/h1-3,5-6,9-12,14-17,22H,4,7-8,13,18H2,(H2,27,29). The Morgan fingerprint density at radius 3 is 2.10 bits per heavy atom. The molecule has 3 aromatic rings. The molecule has 2 amide bonds. The monoisotopic (exact) mass is 414 g/mol. The van der Waals surface area contributed by atoms with Gasteiger partial charge in [-0.3, -0.25) is 9.59 Å². The summed E-state index contributed by atoms with van der Waals surface area (Å²) < 4.78 is 5.80. The van der Waals surface area contributed by atoms with E-state index in [1.54, 1.807) is 36.4 Å². The Bertz CT molecular complexity index is 1030. The number of nitrogens with two attached hydrogens (primary N) is 1. The minimum atomic E-state index is -0.474. The zero-order valence-corrected chi connectivity index (χ0v) is 17.4. The van der Waals surface area contributed by atoms with Crippen LogP contribution < -0.4 is 10.5 Å². The van der Waals surface area contributed by atoms with Crippen molar-refractivity contribution in [3.8, 4) is 11.5 Å². The largest absolute Gasteiger partial charge is 0.457 e. The maximum atomic E-state index is 13.1. The van der Waals surface area contributed by atoms with Gasteiger partial charge < -0.3 is 15.4 Å². The van der Waals surface area contributed by atoms with Crippen molar-refractivity contribution in [1.82, 2.24) is 4.90 Å². The zero-order chi connectivity index (χ0) is 21.6. The molecule has 3 aromatic carbocycles. The number of hydrogen-bond acceptors (Lipinski definition) is 3. The Morgan fingerprint density at radius 1 is 0.871 bits per heavy atom. The molecule has 1 heterocycles. The number of primary amides is 1. The van der Waals surface area contributed by atoms with Crippen LogP contribution in [0.5, 0.6) is 11.5 Å². The number of rotatable bonds is 7. The normalized spacial score (nSPS) is 15.6. The van der Waals surface area contributed by atoms with Gasteiger partial charge in [-0.2, -0.15) is 0 Å². The van der Waals surface area contributed by atoms with Crippen molar-refractivity contribution in [2.75, 3.05) is 6.54 Å². The molecule has 1 aliphatic rings. The van der Waals surface area contributed by atoms with E-state index in [-0.39, 0.29) is 11.9 Å². The molecule has 5 nitrogen and oxygen atoms in total. The number of hydrogen-bond donors (Lipinski definition) is 1. The van der Waals surface area contributed by atoms with Crippen molar-refractivity contribution in [2.45, 2.75) is 31.7 Å². The molecular formula is C26H26N2O3. The summed E-state index contributed by atoms with van der Waals surface area (Å²) in [7, 11) is 0. The Labute approximate surface area is 182 Å². The van der Waals surface area contributed by atoms with E-state index in [1.807, 2.05) is 23.1 Å². The summed E-state index contributed by atoms with van der Waals surface area (Å²) in [6.45, 7) is 0.808. The summed E-state index contributed by atoms with van der Waals surface area (Å²) in [4.78, 5) is 26.3. The van der Waals surface area contributed by atoms with Crippen LogP contribution in [0.2, 0.25) is 0 Å². The first-order valence-corrected chi connectivity index (χ1v) is 10.6. The number of aryl methyl sites for hydroxylation is 1. The summed E-state index contributed by atoms with van der Waals surface area (Å²) in [5, 5.41) is 0. The van der Waals surface area contributed by atoms with E-state index >= 15 is 0 Å². The highest BCUT2D eigenvalue weighted by Gasteiger charge is 2.29. The molecule has 0 bridgehead atoms. The second-order valence-electron chi connectivity index (χ2n) is 7.83. The first-order valence-electron chi connectivity index (χ1n) is 10.6. The summed E-state index contributed by atoms with van der Waals surface area (Å²) in [5.41, 5.74) is 7.67. The molecule has 5 heteroatoms. The topological polar surface area (TPSA) is 72.6 Å². The van der Waals surface area contributed by atoms with Gasteiger partial charge in [0.1, 0.15) is 11.5 Å². The fourth-order valence-corrected chi connectivity index (χ4v) is 4.04. The minimum Gasteiger partial charge on any atom is -0.457 e. The molecule has 31 heavy (non-hydrogen) atoms. The lowest BCUT2D eigenvalue weighted by Crippen LogP contribution is -2.35. The highest BCUT2D eigenvalue weighted by Crippen LogP contribution is 2.26. The molecule has 2 N–H and O–H groups in total. The van der Waals surface area contributed by atoms with Gasteiger partial charge in [0.15, 0.2) is 0 Å². The number of carbonyl (C=O) groups is 2. The fourth-order valence-electron chi connectivity index (χ4n) is 4.04. The van der Waals surface area contributed by atoms with Crippen molar-refractivity contribution in [1.29, 1.82) is 0 Å². The third-order valence-electron chi connectivity index (χ3n) is 5.72. The van der Waals surface area contributed by atoms with Gasteiger partial charge in [0.05, 0.1) is 0 Å². The van der Waals surface area contributed by atoms with Crippen LogP contribution in [0.25, 0.3) is 0 Å². The smallest absolute Gasteiger partial charge is 0.254 e. The number of carbonyl (C=O) groups excluding carboxylic acids is 2. The van der Waals surface area contributed by atoms with Crippen molar-refractivity contribution < 1.29 is 14.3 Å². The fraction of sp³-hybridized carbons (Fsp3) is 0.231. The molecule has 0 radical (unpaired) electrons. The van der Waals surface area contributed by atoms with Crippen LogP contribution in [0.15, 0.2) is 78.9 Å². The van der Waals surface area contributed by atoms with Gasteiger partial charge in [-0.1, -0.05) is 30.3 Å². The molecule has 158 valence electrons. The molecule has 1 unspecified atom stereocenters. The summed E-state index contributed by atoms with van der Waals surface area (Å²) in [6.07, 6.45) is 4.07.